The van der Waals surface area contributed by atoms with Gasteiger partial charge in [-0.1, -0.05) is 0 Å². The van der Waals surface area contributed by atoms with Crippen molar-refractivity contribution in [1.82, 2.24) is 0 Å². The molecule has 0 aliphatic carbocycles. The molecule has 0 heterocycles. The quantitative estimate of drug-likeness (QED) is 0.840. The number of rotatable bonds is 4. The number of amides is 1. The highest BCUT2D eigenvalue weighted by Crippen LogP contribution is 2.22. The van der Waals surface area contributed by atoms with E-state index in [1.807, 2.05) is 0 Å². The average Bonchev–Trinajstić information content (AvgIpc) is 2.21. The molecule has 0 atom stereocenters. The molecule has 0 bridgehead atoms. The Labute approximate surface area is 92.2 Å². The highest BCUT2D eigenvalue weighted by molar-refractivity contribution is 5.93. The van der Waals surface area contributed by atoms with Crippen molar-refractivity contribution in [3.8, 4) is 5.75 Å². The molecular formula is C9H6F5NO2. The van der Waals surface area contributed by atoms with Crippen LogP contribution < -0.4 is 10.1 Å². The molecule has 0 spiro atoms. The number of hydrogen-bond acceptors (Lipinski definition) is 2. The van der Waals surface area contributed by atoms with Gasteiger partial charge in [0.2, 0.25) is 0 Å². The number of benzene rings is 1. The molecule has 0 saturated carbocycles. The van der Waals surface area contributed by atoms with Gasteiger partial charge in [0.25, 0.3) is 5.91 Å². The maximum atomic E-state index is 13.1. The molecule has 3 nitrogen and oxygen atoms in total. The first-order valence-corrected chi connectivity index (χ1v) is 4.23. The van der Waals surface area contributed by atoms with Gasteiger partial charge in [-0.05, 0) is 12.1 Å². The Balaban J connectivity index is 2.78. The minimum atomic E-state index is -3.25. The number of carbonyl (C=O) groups excluding carboxylic acids is 1. The fourth-order valence-corrected chi connectivity index (χ4v) is 0.967. The molecule has 0 aliphatic heterocycles. The van der Waals surface area contributed by atoms with Gasteiger partial charge in [-0.3, -0.25) is 4.79 Å². The smallest absolute Gasteiger partial charge is 0.387 e. The summed E-state index contributed by atoms with van der Waals surface area (Å²) in [6.45, 7) is -3.20. The van der Waals surface area contributed by atoms with Crippen LogP contribution in [0.1, 0.15) is 0 Å². The molecule has 1 aromatic carbocycles. The van der Waals surface area contributed by atoms with E-state index in [1.165, 1.54) is 0 Å². The van der Waals surface area contributed by atoms with Crippen LogP contribution in [0.4, 0.5) is 27.6 Å². The molecule has 0 unspecified atom stereocenters. The molecule has 1 rings (SSSR count). The van der Waals surface area contributed by atoms with E-state index >= 15 is 0 Å². The maximum Gasteiger partial charge on any atom is 0.387 e. The number of hydrogen-bond donors (Lipinski definition) is 1. The molecule has 1 aromatic rings. The Morgan fingerprint density at radius 2 is 1.88 bits per heavy atom. The van der Waals surface area contributed by atoms with Gasteiger partial charge in [0.05, 0.1) is 0 Å². The van der Waals surface area contributed by atoms with Crippen LogP contribution >= 0.6 is 0 Å². The Morgan fingerprint density at radius 3 is 2.35 bits per heavy atom. The summed E-state index contributed by atoms with van der Waals surface area (Å²) in [5, 5.41) is 1.69. The van der Waals surface area contributed by atoms with E-state index < -0.39 is 30.5 Å². The lowest BCUT2D eigenvalue weighted by atomic mass is 10.3. The summed E-state index contributed by atoms with van der Waals surface area (Å²) < 4.78 is 64.0. The second kappa shape index (κ2) is 5.46. The molecule has 0 aromatic heterocycles. The summed E-state index contributed by atoms with van der Waals surface area (Å²) >= 11 is 0. The van der Waals surface area contributed by atoms with Crippen LogP contribution in [0.15, 0.2) is 18.2 Å². The van der Waals surface area contributed by atoms with Gasteiger partial charge in [-0.15, -0.1) is 0 Å². The molecule has 1 amide bonds. The van der Waals surface area contributed by atoms with Gasteiger partial charge in [0.1, 0.15) is 0 Å². The van der Waals surface area contributed by atoms with E-state index in [1.54, 1.807) is 5.32 Å². The van der Waals surface area contributed by atoms with Gasteiger partial charge in [-0.25, -0.2) is 4.39 Å². The zero-order valence-electron chi connectivity index (χ0n) is 8.09. The highest BCUT2D eigenvalue weighted by Gasteiger charge is 2.16. The Morgan fingerprint density at radius 1 is 1.24 bits per heavy atom. The predicted molar refractivity (Wildman–Crippen MR) is 47.7 cm³/mol. The van der Waals surface area contributed by atoms with Crippen molar-refractivity contribution in [1.29, 1.82) is 0 Å². The minimum absolute atomic E-state index is 0.283. The summed E-state index contributed by atoms with van der Waals surface area (Å²) in [4.78, 5) is 10.6. The number of carbonyl (C=O) groups is 1. The lowest BCUT2D eigenvalue weighted by molar-refractivity contribution is -0.126. The topological polar surface area (TPSA) is 38.3 Å². The third-order valence-electron chi connectivity index (χ3n) is 1.61. The molecule has 0 saturated heterocycles. The fourth-order valence-electron chi connectivity index (χ4n) is 0.967. The van der Waals surface area contributed by atoms with Crippen LogP contribution in [0.2, 0.25) is 0 Å². The van der Waals surface area contributed by atoms with Crippen molar-refractivity contribution in [2.75, 3.05) is 5.32 Å². The van der Waals surface area contributed by atoms with Crippen molar-refractivity contribution >= 4 is 11.6 Å². The Kier molecular flexibility index (Phi) is 4.24. The zero-order valence-corrected chi connectivity index (χ0v) is 8.09. The lowest BCUT2D eigenvalue weighted by Gasteiger charge is -2.08. The van der Waals surface area contributed by atoms with Crippen LogP contribution in [-0.4, -0.2) is 18.9 Å². The average molecular weight is 255 g/mol. The minimum Gasteiger partial charge on any atom is -0.432 e. The first kappa shape index (κ1) is 13.2. The van der Waals surface area contributed by atoms with Gasteiger partial charge < -0.3 is 10.1 Å². The monoisotopic (exact) mass is 255 g/mol. The van der Waals surface area contributed by atoms with E-state index in [0.717, 1.165) is 12.1 Å². The van der Waals surface area contributed by atoms with Gasteiger partial charge in [0.15, 0.2) is 11.6 Å². The molecular weight excluding hydrogens is 249 g/mol. The first-order valence-electron chi connectivity index (χ1n) is 4.23. The summed E-state index contributed by atoms with van der Waals surface area (Å²) in [5.74, 6) is -3.56. The third kappa shape index (κ3) is 3.89. The van der Waals surface area contributed by atoms with Crippen LogP contribution in [0.5, 0.6) is 5.75 Å². The molecule has 0 radical (unpaired) electrons. The van der Waals surface area contributed by atoms with Crippen molar-refractivity contribution < 1.29 is 31.5 Å². The van der Waals surface area contributed by atoms with E-state index in [2.05, 4.69) is 4.74 Å². The van der Waals surface area contributed by atoms with E-state index in [9.17, 15) is 26.7 Å². The number of anilines is 1. The van der Waals surface area contributed by atoms with Crippen molar-refractivity contribution in [3.05, 3.63) is 24.0 Å². The molecule has 1 N–H and O–H groups in total. The standard InChI is InChI=1S/C9H6F5NO2/c10-5-3-4(15-8(16)7(11)12)1-2-6(5)17-9(13)14/h1-3,7,9H,(H,15,16). The number of halogens is 5. The summed E-state index contributed by atoms with van der Waals surface area (Å²) in [6.07, 6.45) is -3.25. The Hall–Kier alpha value is -1.86. The highest BCUT2D eigenvalue weighted by atomic mass is 19.3. The van der Waals surface area contributed by atoms with Crippen LogP contribution in [0, 0.1) is 5.82 Å². The van der Waals surface area contributed by atoms with Crippen molar-refractivity contribution in [3.63, 3.8) is 0 Å². The zero-order chi connectivity index (χ0) is 13.0. The number of ether oxygens (including phenoxy) is 1. The summed E-state index contributed by atoms with van der Waals surface area (Å²) in [5.41, 5.74) is -0.283. The van der Waals surface area contributed by atoms with E-state index in [4.69, 9.17) is 0 Å². The van der Waals surface area contributed by atoms with Gasteiger partial charge >= 0.3 is 13.0 Å². The normalized spacial score (nSPS) is 10.8. The predicted octanol–water partition coefficient (Wildman–Crippen LogP) is 2.63. The molecule has 0 fully saturated rings. The van der Waals surface area contributed by atoms with Crippen LogP contribution in [0.3, 0.4) is 0 Å². The van der Waals surface area contributed by atoms with Crippen LogP contribution in [-0.2, 0) is 4.79 Å². The van der Waals surface area contributed by atoms with Crippen LogP contribution in [0.25, 0.3) is 0 Å². The van der Waals surface area contributed by atoms with E-state index in [0.29, 0.717) is 6.07 Å². The summed E-state index contributed by atoms with van der Waals surface area (Å²) in [7, 11) is 0. The van der Waals surface area contributed by atoms with E-state index in [-0.39, 0.29) is 5.69 Å². The largest absolute Gasteiger partial charge is 0.432 e. The molecule has 17 heavy (non-hydrogen) atoms. The maximum absolute atomic E-state index is 13.1. The Bertz CT molecular complexity index is 410. The van der Waals surface area contributed by atoms with Gasteiger partial charge in [-0.2, -0.15) is 17.6 Å². The third-order valence-corrected chi connectivity index (χ3v) is 1.61. The SMILES string of the molecule is O=C(Nc1ccc(OC(F)F)c(F)c1)C(F)F. The lowest BCUT2D eigenvalue weighted by Crippen LogP contribution is -2.20. The van der Waals surface area contributed by atoms with Gasteiger partial charge in [0, 0.05) is 11.8 Å². The molecule has 94 valence electrons. The second-order valence-electron chi connectivity index (χ2n) is 2.81. The van der Waals surface area contributed by atoms with Crippen molar-refractivity contribution in [2.45, 2.75) is 13.0 Å². The first-order chi connectivity index (χ1) is 7.90. The second-order valence-corrected chi connectivity index (χ2v) is 2.81. The fraction of sp³-hybridized carbons (Fsp3) is 0.222. The van der Waals surface area contributed by atoms with Crippen molar-refractivity contribution in [2.24, 2.45) is 0 Å². The summed E-state index contributed by atoms with van der Waals surface area (Å²) in [6, 6.07) is 2.35. The number of nitrogens with one attached hydrogen (secondary N) is 1. The molecule has 8 heteroatoms. The number of alkyl halides is 4. The molecule has 0 aliphatic rings.